The Bertz CT molecular complexity index is 1610. The molecule has 478 valence electrons. The Labute approximate surface area is 515 Å². The molecule has 0 amide bonds. The number of rotatable bonds is 65. The summed E-state index contributed by atoms with van der Waals surface area (Å²) in [6, 6.07) is 0. The van der Waals surface area contributed by atoms with E-state index in [0.29, 0.717) is 19.3 Å². The van der Waals surface area contributed by atoms with Gasteiger partial charge in [0.15, 0.2) is 6.10 Å². The molecule has 1 atom stereocenters. The molecule has 0 bridgehead atoms. The number of esters is 3. The van der Waals surface area contributed by atoms with Crippen molar-refractivity contribution < 1.29 is 28.6 Å². The molecular weight excluding hydrogens is 1020 g/mol. The van der Waals surface area contributed by atoms with E-state index in [0.717, 1.165) is 96.3 Å². The third kappa shape index (κ3) is 69.0. The van der Waals surface area contributed by atoms with E-state index in [-0.39, 0.29) is 31.1 Å². The van der Waals surface area contributed by atoms with E-state index >= 15 is 0 Å². The van der Waals surface area contributed by atoms with Gasteiger partial charge in [-0.2, -0.15) is 0 Å². The summed E-state index contributed by atoms with van der Waals surface area (Å²) in [6.07, 6.45) is 95.6. The molecule has 0 radical (unpaired) electrons. The van der Waals surface area contributed by atoms with Crippen molar-refractivity contribution in [2.75, 3.05) is 13.2 Å². The second-order valence-electron chi connectivity index (χ2n) is 23.8. The molecule has 83 heavy (non-hydrogen) atoms. The zero-order valence-corrected chi connectivity index (χ0v) is 54.9. The first-order valence-electron chi connectivity index (χ1n) is 35.7. The lowest BCUT2D eigenvalue weighted by Gasteiger charge is -2.18. The van der Waals surface area contributed by atoms with Gasteiger partial charge in [0.05, 0.1) is 0 Å². The highest BCUT2D eigenvalue weighted by atomic mass is 16.6. The molecule has 1 unspecified atom stereocenters. The second-order valence-corrected chi connectivity index (χ2v) is 23.8. The number of unbranched alkanes of at least 4 members (excludes halogenated alkanes) is 38. The minimum atomic E-state index is -0.785. The molecule has 0 N–H and O–H groups in total. The Morgan fingerprint density at radius 1 is 0.253 bits per heavy atom. The van der Waals surface area contributed by atoms with Crippen molar-refractivity contribution in [2.45, 2.75) is 361 Å². The highest BCUT2D eigenvalue weighted by Crippen LogP contribution is 2.17. The molecule has 6 heteroatoms. The van der Waals surface area contributed by atoms with Crippen LogP contribution in [0.3, 0.4) is 0 Å². The maximum atomic E-state index is 13.0. The van der Waals surface area contributed by atoms with E-state index in [1.807, 2.05) is 0 Å². The predicted molar refractivity (Wildman–Crippen MR) is 362 cm³/mol. The van der Waals surface area contributed by atoms with Crippen LogP contribution in [0.4, 0.5) is 0 Å². The van der Waals surface area contributed by atoms with E-state index in [4.69, 9.17) is 14.2 Å². The van der Waals surface area contributed by atoms with E-state index in [1.165, 1.54) is 218 Å². The van der Waals surface area contributed by atoms with E-state index < -0.39 is 6.10 Å². The fourth-order valence-corrected chi connectivity index (χ4v) is 10.2. The Balaban J connectivity index is 4.37. The Kier molecular flexibility index (Phi) is 67.7. The summed E-state index contributed by atoms with van der Waals surface area (Å²) in [5.41, 5.74) is 0. The summed E-state index contributed by atoms with van der Waals surface area (Å²) in [6.45, 7) is 6.53. The van der Waals surface area contributed by atoms with Crippen LogP contribution in [0.15, 0.2) is 97.2 Å². The zero-order valence-electron chi connectivity index (χ0n) is 54.9. The van der Waals surface area contributed by atoms with E-state index in [1.54, 1.807) is 0 Å². The molecule has 0 aromatic heterocycles. The van der Waals surface area contributed by atoms with Crippen LogP contribution < -0.4 is 0 Å². The summed E-state index contributed by atoms with van der Waals surface area (Å²) >= 11 is 0. The SMILES string of the molecule is CC/C=C\C/C=C\C/C=C\C/C=C\CCCCCCCCCCCCCCC(=O)OCC(COC(=O)CCCCCCCCCCC/C=C\C/C=C\CCCCC)OC(=O)CCCCCCCCCCC/C=C\C/C=C\CCCCCCC. The lowest BCUT2D eigenvalue weighted by molar-refractivity contribution is -0.167. The lowest BCUT2D eigenvalue weighted by atomic mass is 10.0. The van der Waals surface area contributed by atoms with Gasteiger partial charge in [-0.1, -0.05) is 311 Å². The van der Waals surface area contributed by atoms with Gasteiger partial charge in [0, 0.05) is 19.3 Å². The number of ether oxygens (including phenoxy) is 3. The number of carbonyl (C=O) groups is 3. The van der Waals surface area contributed by atoms with Gasteiger partial charge >= 0.3 is 17.9 Å². The molecule has 0 aromatic carbocycles. The van der Waals surface area contributed by atoms with Gasteiger partial charge in [0.2, 0.25) is 0 Å². The lowest BCUT2D eigenvalue weighted by Crippen LogP contribution is -2.30. The maximum absolute atomic E-state index is 13.0. The summed E-state index contributed by atoms with van der Waals surface area (Å²) in [5.74, 6) is -0.872. The molecule has 0 spiro atoms. The quantitative estimate of drug-likeness (QED) is 0.0261. The second kappa shape index (κ2) is 70.8. The highest BCUT2D eigenvalue weighted by molar-refractivity contribution is 5.71. The van der Waals surface area contributed by atoms with Crippen molar-refractivity contribution in [1.82, 2.24) is 0 Å². The molecule has 0 rings (SSSR count). The van der Waals surface area contributed by atoms with E-state index in [2.05, 4.69) is 118 Å². The van der Waals surface area contributed by atoms with Gasteiger partial charge in [-0.15, -0.1) is 0 Å². The predicted octanol–water partition coefficient (Wildman–Crippen LogP) is 24.8. The van der Waals surface area contributed by atoms with E-state index in [9.17, 15) is 14.4 Å². The standard InChI is InChI=1S/C77H134O6/c1-4-7-10-13-16-19-22-25-28-31-34-36-37-38-39-41-43-46-49-52-55-58-61-64-67-70-76(79)82-73-74(72-81-75(78)69-66-63-60-57-54-51-48-45-42-33-30-27-24-21-18-15-12-9-6-3)83-77(80)71-68-65-62-59-56-53-50-47-44-40-35-32-29-26-23-20-17-14-11-8-5-2/h7,10,16,18-19,21,23,25-28,30,32,34-36,74H,4-6,8-9,11-15,17,20,22,24,29,31,33,37-73H2,1-3H3/b10-7-,19-16-,21-18-,26-23-,28-25-,30-27-,35-32-,36-34-. The van der Waals surface area contributed by atoms with Crippen molar-refractivity contribution in [3.63, 3.8) is 0 Å². The average Bonchev–Trinajstić information content (AvgIpc) is 3.50. The average molecular weight is 1160 g/mol. The molecule has 0 fully saturated rings. The summed E-state index contributed by atoms with van der Waals surface area (Å²) in [5, 5.41) is 0. The third-order valence-corrected chi connectivity index (χ3v) is 15.5. The Morgan fingerprint density at radius 2 is 0.470 bits per heavy atom. The fraction of sp³-hybridized carbons (Fsp3) is 0.753. The van der Waals surface area contributed by atoms with Crippen molar-refractivity contribution in [1.29, 1.82) is 0 Å². The molecule has 0 aromatic rings. The molecule has 6 nitrogen and oxygen atoms in total. The van der Waals surface area contributed by atoms with Crippen LogP contribution in [0.2, 0.25) is 0 Å². The van der Waals surface area contributed by atoms with Crippen molar-refractivity contribution in [3.05, 3.63) is 97.2 Å². The van der Waals surface area contributed by atoms with Gasteiger partial charge in [-0.3, -0.25) is 14.4 Å². The van der Waals surface area contributed by atoms with Crippen LogP contribution in [0.5, 0.6) is 0 Å². The normalized spacial score (nSPS) is 12.7. The maximum Gasteiger partial charge on any atom is 0.306 e. The smallest absolute Gasteiger partial charge is 0.306 e. The fourth-order valence-electron chi connectivity index (χ4n) is 10.2. The van der Waals surface area contributed by atoms with Crippen LogP contribution in [-0.4, -0.2) is 37.2 Å². The number of carbonyl (C=O) groups excluding carboxylic acids is 3. The number of hydrogen-bond donors (Lipinski definition) is 0. The van der Waals surface area contributed by atoms with Crippen LogP contribution in [0.25, 0.3) is 0 Å². The van der Waals surface area contributed by atoms with Crippen molar-refractivity contribution >= 4 is 17.9 Å². The molecule has 0 aliphatic rings. The monoisotopic (exact) mass is 1160 g/mol. The first-order valence-corrected chi connectivity index (χ1v) is 35.7. The Hall–Kier alpha value is -3.67. The Morgan fingerprint density at radius 3 is 0.759 bits per heavy atom. The molecule has 0 aliphatic heterocycles. The first-order chi connectivity index (χ1) is 41.0. The number of allylic oxidation sites excluding steroid dienone is 16. The van der Waals surface area contributed by atoms with Gasteiger partial charge in [-0.05, 0) is 122 Å². The third-order valence-electron chi connectivity index (χ3n) is 15.5. The van der Waals surface area contributed by atoms with Crippen molar-refractivity contribution in [2.24, 2.45) is 0 Å². The summed E-state index contributed by atoms with van der Waals surface area (Å²) < 4.78 is 17.0. The molecule has 0 saturated heterocycles. The van der Waals surface area contributed by atoms with Gasteiger partial charge in [0.25, 0.3) is 0 Å². The van der Waals surface area contributed by atoms with Crippen LogP contribution in [-0.2, 0) is 28.6 Å². The van der Waals surface area contributed by atoms with Crippen molar-refractivity contribution in [3.8, 4) is 0 Å². The highest BCUT2D eigenvalue weighted by Gasteiger charge is 2.19. The summed E-state index contributed by atoms with van der Waals surface area (Å²) in [7, 11) is 0. The first kappa shape index (κ1) is 79.3. The zero-order chi connectivity index (χ0) is 59.9. The van der Waals surface area contributed by atoms with Crippen LogP contribution in [0, 0.1) is 0 Å². The van der Waals surface area contributed by atoms with Gasteiger partial charge in [0.1, 0.15) is 13.2 Å². The molecular formula is C77H134O6. The van der Waals surface area contributed by atoms with Gasteiger partial charge < -0.3 is 14.2 Å². The van der Waals surface area contributed by atoms with Gasteiger partial charge in [-0.25, -0.2) is 0 Å². The topological polar surface area (TPSA) is 78.9 Å². The number of hydrogen-bond acceptors (Lipinski definition) is 6. The van der Waals surface area contributed by atoms with Crippen LogP contribution >= 0.6 is 0 Å². The summed E-state index contributed by atoms with van der Waals surface area (Å²) in [4.78, 5) is 38.5. The molecule has 0 saturated carbocycles. The minimum Gasteiger partial charge on any atom is -0.462 e. The minimum absolute atomic E-state index is 0.0797. The largest absolute Gasteiger partial charge is 0.462 e. The molecule has 0 aliphatic carbocycles. The molecule has 0 heterocycles. The van der Waals surface area contributed by atoms with Crippen LogP contribution in [0.1, 0.15) is 355 Å².